The highest BCUT2D eigenvalue weighted by molar-refractivity contribution is 7.98. The molecule has 1 heterocycles. The van der Waals surface area contributed by atoms with Gasteiger partial charge >= 0.3 is 0 Å². The van der Waals surface area contributed by atoms with Crippen molar-refractivity contribution < 1.29 is 19.2 Å². The van der Waals surface area contributed by atoms with E-state index in [2.05, 4.69) is 10.6 Å². The van der Waals surface area contributed by atoms with E-state index in [1.165, 1.54) is 16.7 Å². The van der Waals surface area contributed by atoms with Gasteiger partial charge in [-0.2, -0.15) is 11.8 Å². The predicted octanol–water partition coefficient (Wildman–Crippen LogP) is 5.43. The monoisotopic (exact) mass is 662 g/mol. The fraction of sp³-hybridized carbons (Fsp3) is 0.282. The van der Waals surface area contributed by atoms with Gasteiger partial charge in [-0.25, -0.2) is 0 Å². The van der Waals surface area contributed by atoms with Gasteiger partial charge in [-0.1, -0.05) is 115 Å². The zero-order chi connectivity index (χ0) is 33.7. The first-order valence-corrected chi connectivity index (χ1v) is 17.5. The Kier molecular flexibility index (Phi) is 12.4. The smallest absolute Gasteiger partial charge is 0.246 e. The molecule has 4 aromatic carbocycles. The maximum absolute atomic E-state index is 14.5. The van der Waals surface area contributed by atoms with Crippen LogP contribution in [0.5, 0.6) is 0 Å². The number of rotatable bonds is 9. The van der Waals surface area contributed by atoms with Gasteiger partial charge in [0.1, 0.15) is 12.1 Å². The van der Waals surface area contributed by atoms with Crippen LogP contribution >= 0.6 is 11.8 Å². The molecule has 9 heteroatoms. The third-order valence-electron chi connectivity index (χ3n) is 8.54. The predicted molar refractivity (Wildman–Crippen MR) is 191 cm³/mol. The number of hydrogen-bond donors (Lipinski definition) is 3. The highest BCUT2D eigenvalue weighted by Crippen LogP contribution is 2.24. The Balaban J connectivity index is 1.44. The van der Waals surface area contributed by atoms with Gasteiger partial charge in [-0.3, -0.25) is 19.2 Å². The van der Waals surface area contributed by atoms with Crippen molar-refractivity contribution in [1.82, 2.24) is 15.5 Å². The molecule has 3 unspecified atom stereocenters. The molecule has 0 bridgehead atoms. The van der Waals surface area contributed by atoms with Crippen LogP contribution in [0.2, 0.25) is 0 Å². The molecule has 4 N–H and O–H groups in total. The van der Waals surface area contributed by atoms with Gasteiger partial charge in [-0.15, -0.1) is 0 Å². The molecule has 0 radical (unpaired) electrons. The van der Waals surface area contributed by atoms with Crippen LogP contribution in [0.3, 0.4) is 0 Å². The fourth-order valence-corrected chi connectivity index (χ4v) is 6.96. The summed E-state index contributed by atoms with van der Waals surface area (Å²) >= 11 is 1.52. The summed E-state index contributed by atoms with van der Waals surface area (Å²) in [6.07, 6.45) is 1.37. The minimum atomic E-state index is -0.945. The molecule has 8 nitrogen and oxygen atoms in total. The molecular formula is C39H42N4O4S. The molecule has 1 aliphatic heterocycles. The standard InChI is InChI=1S/C39H42N4O4S/c40-37(45)35-18-10-11-23-41-38(46)33(32-16-8-3-9-17-32)24-36(44)42-34(27-48-26-29-12-4-1-5-13-29)39(47)43(35)25-28-19-21-31(22-20-28)30-14-6-2-7-15-30/h1-9,12-17,19-22,33-35H,10-11,18,23-27H2,(H2,40,45)(H,41,46)(H,42,44). The van der Waals surface area contributed by atoms with E-state index < -0.39 is 29.8 Å². The number of hydrogen-bond acceptors (Lipinski definition) is 5. The zero-order valence-electron chi connectivity index (χ0n) is 26.9. The van der Waals surface area contributed by atoms with E-state index in [1.54, 1.807) is 0 Å². The quantitative estimate of drug-likeness (QED) is 0.221. The molecule has 1 aliphatic rings. The Hall–Kier alpha value is -4.89. The van der Waals surface area contributed by atoms with Gasteiger partial charge in [0.2, 0.25) is 23.6 Å². The van der Waals surface area contributed by atoms with Crippen molar-refractivity contribution in [2.45, 2.75) is 56.0 Å². The number of benzene rings is 4. The Morgan fingerprint density at radius 1 is 0.771 bits per heavy atom. The third-order valence-corrected chi connectivity index (χ3v) is 9.65. The maximum Gasteiger partial charge on any atom is 0.246 e. The second-order valence-electron chi connectivity index (χ2n) is 12.0. The van der Waals surface area contributed by atoms with Crippen LogP contribution in [0.25, 0.3) is 11.1 Å². The lowest BCUT2D eigenvalue weighted by atomic mass is 9.94. The number of amides is 4. The second kappa shape index (κ2) is 17.3. The van der Waals surface area contributed by atoms with Crippen LogP contribution in [0.1, 0.15) is 48.3 Å². The summed E-state index contributed by atoms with van der Waals surface area (Å²) in [5, 5.41) is 5.92. The lowest BCUT2D eigenvalue weighted by Crippen LogP contribution is -2.56. The average molecular weight is 663 g/mol. The van der Waals surface area contributed by atoms with Crippen LogP contribution in [0, 0.1) is 0 Å². The van der Waals surface area contributed by atoms with Crippen LogP contribution in [0.4, 0.5) is 0 Å². The van der Waals surface area contributed by atoms with Crippen LogP contribution in [-0.2, 0) is 31.5 Å². The number of nitrogens with zero attached hydrogens (tertiary/aromatic N) is 1. The van der Waals surface area contributed by atoms with E-state index in [1.807, 2.05) is 115 Å². The van der Waals surface area contributed by atoms with E-state index >= 15 is 0 Å². The van der Waals surface area contributed by atoms with Crippen molar-refractivity contribution in [3.05, 3.63) is 132 Å². The summed E-state index contributed by atoms with van der Waals surface area (Å²) in [6, 6.07) is 35.2. The Bertz CT molecular complexity index is 1650. The SMILES string of the molecule is NC(=O)C1CCCCNC(=O)C(c2ccccc2)CC(=O)NC(CSCc2ccccc2)C(=O)N1Cc1ccc(-c2ccccc2)cc1. The van der Waals surface area contributed by atoms with Crippen LogP contribution in [-0.4, -0.2) is 52.9 Å². The van der Waals surface area contributed by atoms with Crippen molar-refractivity contribution in [2.75, 3.05) is 12.3 Å². The molecule has 48 heavy (non-hydrogen) atoms. The largest absolute Gasteiger partial charge is 0.368 e. The number of thioether (sulfide) groups is 1. The van der Waals surface area contributed by atoms with E-state index in [9.17, 15) is 19.2 Å². The summed E-state index contributed by atoms with van der Waals surface area (Å²) in [4.78, 5) is 56.0. The second-order valence-corrected chi connectivity index (χ2v) is 13.1. The number of nitrogens with two attached hydrogens (primary N) is 1. The summed E-state index contributed by atoms with van der Waals surface area (Å²) in [5.41, 5.74) is 10.7. The first kappa shape index (κ1) is 34.4. The van der Waals surface area contributed by atoms with Gasteiger partial charge in [-0.05, 0) is 47.1 Å². The van der Waals surface area contributed by atoms with Gasteiger partial charge in [0.05, 0.1) is 5.92 Å². The Morgan fingerprint density at radius 2 is 1.40 bits per heavy atom. The molecule has 0 spiro atoms. The van der Waals surface area contributed by atoms with Gasteiger partial charge < -0.3 is 21.3 Å². The van der Waals surface area contributed by atoms with E-state index in [4.69, 9.17) is 5.73 Å². The molecule has 1 fully saturated rings. The first-order valence-electron chi connectivity index (χ1n) is 16.4. The average Bonchev–Trinajstić information content (AvgIpc) is 3.11. The molecule has 0 aliphatic carbocycles. The van der Waals surface area contributed by atoms with Gasteiger partial charge in [0.15, 0.2) is 0 Å². The summed E-state index contributed by atoms with van der Waals surface area (Å²) in [7, 11) is 0. The molecule has 0 saturated carbocycles. The Labute approximate surface area is 286 Å². The highest BCUT2D eigenvalue weighted by Gasteiger charge is 2.35. The molecule has 5 rings (SSSR count). The van der Waals surface area contributed by atoms with E-state index in [-0.39, 0.29) is 30.5 Å². The zero-order valence-corrected chi connectivity index (χ0v) is 27.7. The molecule has 1 saturated heterocycles. The summed E-state index contributed by atoms with van der Waals surface area (Å²) in [6.45, 7) is 0.531. The highest BCUT2D eigenvalue weighted by atomic mass is 32.2. The number of primary amides is 1. The number of carbonyl (C=O) groups is 4. The molecular weight excluding hydrogens is 621 g/mol. The minimum Gasteiger partial charge on any atom is -0.368 e. The van der Waals surface area contributed by atoms with Crippen molar-refractivity contribution in [2.24, 2.45) is 5.73 Å². The molecule has 248 valence electrons. The van der Waals surface area contributed by atoms with Crippen LogP contribution < -0.4 is 16.4 Å². The molecule has 0 aromatic heterocycles. The van der Waals surface area contributed by atoms with E-state index in [0.29, 0.717) is 31.6 Å². The van der Waals surface area contributed by atoms with Gasteiger partial charge in [0, 0.05) is 31.0 Å². The normalized spacial score (nSPS) is 19.5. The van der Waals surface area contributed by atoms with Crippen molar-refractivity contribution >= 4 is 35.4 Å². The summed E-state index contributed by atoms with van der Waals surface area (Å²) in [5.74, 6) is -1.45. The lowest BCUT2D eigenvalue weighted by Gasteiger charge is -2.34. The van der Waals surface area contributed by atoms with Crippen molar-refractivity contribution in [3.8, 4) is 11.1 Å². The molecule has 4 aromatic rings. The van der Waals surface area contributed by atoms with E-state index in [0.717, 1.165) is 27.8 Å². The third kappa shape index (κ3) is 9.58. The summed E-state index contributed by atoms with van der Waals surface area (Å²) < 4.78 is 0. The topological polar surface area (TPSA) is 122 Å². The lowest BCUT2D eigenvalue weighted by molar-refractivity contribution is -0.143. The molecule has 3 atom stereocenters. The fourth-order valence-electron chi connectivity index (χ4n) is 5.95. The number of nitrogens with one attached hydrogen (secondary N) is 2. The number of carbonyl (C=O) groups excluding carboxylic acids is 4. The van der Waals surface area contributed by atoms with Gasteiger partial charge in [0.25, 0.3) is 0 Å². The van der Waals surface area contributed by atoms with Crippen molar-refractivity contribution in [1.29, 1.82) is 0 Å². The maximum atomic E-state index is 14.5. The Morgan fingerprint density at radius 3 is 2.06 bits per heavy atom. The first-order chi connectivity index (χ1) is 23.4. The van der Waals surface area contributed by atoms with Crippen LogP contribution in [0.15, 0.2) is 115 Å². The van der Waals surface area contributed by atoms with Crippen molar-refractivity contribution in [3.63, 3.8) is 0 Å². The minimum absolute atomic E-state index is 0.122. The molecule has 4 amide bonds.